The van der Waals surface area contributed by atoms with Gasteiger partial charge in [-0.1, -0.05) is 12.1 Å². The second-order valence-corrected chi connectivity index (χ2v) is 6.46. The Morgan fingerprint density at radius 2 is 2.12 bits per heavy atom. The molecule has 24 heavy (non-hydrogen) atoms. The Bertz CT molecular complexity index is 711. The van der Waals surface area contributed by atoms with Crippen LogP contribution in [0.5, 0.6) is 5.75 Å². The number of amides is 1. The maximum Gasteiger partial charge on any atom is 0.223 e. The number of aryl methyl sites for hydroxylation is 2. The van der Waals surface area contributed by atoms with Crippen LogP contribution in [0.3, 0.4) is 0 Å². The number of aromatic nitrogens is 2. The summed E-state index contributed by atoms with van der Waals surface area (Å²) in [6.07, 6.45) is 4.85. The van der Waals surface area contributed by atoms with Gasteiger partial charge in [-0.2, -0.15) is 5.10 Å². The van der Waals surface area contributed by atoms with Gasteiger partial charge in [-0.15, -0.1) is 0 Å². The van der Waals surface area contributed by atoms with Crippen molar-refractivity contribution < 1.29 is 14.6 Å². The van der Waals surface area contributed by atoms with Crippen molar-refractivity contribution in [2.75, 3.05) is 19.7 Å². The SMILES string of the molecule is Cn1cc([C@]2(C)CN(C(=O)CCc3ccc(O)cc3)CCO2)cn1. The molecule has 128 valence electrons. The van der Waals surface area contributed by atoms with Gasteiger partial charge in [-0.3, -0.25) is 9.48 Å². The van der Waals surface area contributed by atoms with E-state index in [-0.39, 0.29) is 11.7 Å². The van der Waals surface area contributed by atoms with Gasteiger partial charge >= 0.3 is 0 Å². The van der Waals surface area contributed by atoms with E-state index in [1.807, 2.05) is 37.2 Å². The number of phenolic OH excluding ortho intramolecular Hbond substituents is 1. The third kappa shape index (κ3) is 3.59. The molecule has 0 unspecified atom stereocenters. The van der Waals surface area contributed by atoms with Gasteiger partial charge in [-0.25, -0.2) is 0 Å². The zero-order valence-electron chi connectivity index (χ0n) is 14.1. The van der Waals surface area contributed by atoms with Crippen molar-refractivity contribution in [3.63, 3.8) is 0 Å². The third-order valence-corrected chi connectivity index (χ3v) is 4.51. The van der Waals surface area contributed by atoms with Crippen LogP contribution in [0.1, 0.15) is 24.5 Å². The first-order valence-electron chi connectivity index (χ1n) is 8.15. The maximum atomic E-state index is 12.6. The van der Waals surface area contributed by atoms with Crippen molar-refractivity contribution in [1.29, 1.82) is 0 Å². The number of hydrogen-bond donors (Lipinski definition) is 1. The Balaban J connectivity index is 1.61. The molecule has 0 bridgehead atoms. The highest BCUT2D eigenvalue weighted by atomic mass is 16.5. The molecule has 1 aliphatic rings. The number of phenols is 1. The van der Waals surface area contributed by atoms with E-state index >= 15 is 0 Å². The third-order valence-electron chi connectivity index (χ3n) is 4.51. The molecular formula is C18H23N3O3. The standard InChI is InChI=1S/C18H23N3O3/c1-18(15-11-19-20(2)12-15)13-21(9-10-24-18)17(23)8-5-14-3-6-16(22)7-4-14/h3-4,6-7,11-12,22H,5,8-10,13H2,1-2H3/t18-/m0/s1. The average molecular weight is 329 g/mol. The molecule has 1 aliphatic heterocycles. The number of aromatic hydroxyl groups is 1. The molecule has 1 saturated heterocycles. The molecule has 2 heterocycles. The van der Waals surface area contributed by atoms with Crippen LogP contribution < -0.4 is 0 Å². The molecule has 2 aromatic rings. The van der Waals surface area contributed by atoms with E-state index < -0.39 is 5.60 Å². The topological polar surface area (TPSA) is 67.6 Å². The largest absolute Gasteiger partial charge is 0.508 e. The molecule has 6 heteroatoms. The van der Waals surface area contributed by atoms with E-state index in [1.54, 1.807) is 23.0 Å². The second kappa shape index (κ2) is 6.65. The van der Waals surface area contributed by atoms with Crippen LogP contribution in [-0.2, 0) is 28.6 Å². The van der Waals surface area contributed by atoms with Gasteiger partial charge in [-0.05, 0) is 31.0 Å². The van der Waals surface area contributed by atoms with Crippen molar-refractivity contribution in [1.82, 2.24) is 14.7 Å². The molecule has 0 spiro atoms. The van der Waals surface area contributed by atoms with Crippen molar-refractivity contribution in [3.8, 4) is 5.75 Å². The predicted octanol–water partition coefficient (Wildman–Crippen LogP) is 1.83. The van der Waals surface area contributed by atoms with Crippen molar-refractivity contribution in [2.24, 2.45) is 7.05 Å². The minimum Gasteiger partial charge on any atom is -0.508 e. The van der Waals surface area contributed by atoms with Crippen molar-refractivity contribution >= 4 is 5.91 Å². The summed E-state index contributed by atoms with van der Waals surface area (Å²) in [5.74, 6) is 0.368. The lowest BCUT2D eigenvalue weighted by Crippen LogP contribution is -2.50. The van der Waals surface area contributed by atoms with Crippen LogP contribution in [-0.4, -0.2) is 45.4 Å². The highest BCUT2D eigenvalue weighted by Crippen LogP contribution is 2.29. The normalized spacial score (nSPS) is 21.0. The number of rotatable bonds is 4. The maximum absolute atomic E-state index is 12.6. The summed E-state index contributed by atoms with van der Waals surface area (Å²) in [5.41, 5.74) is 1.52. The molecule has 1 atom stereocenters. The van der Waals surface area contributed by atoms with Gasteiger partial charge in [0, 0.05) is 31.8 Å². The number of nitrogens with zero attached hydrogens (tertiary/aromatic N) is 3. The Morgan fingerprint density at radius 1 is 1.38 bits per heavy atom. The number of carbonyl (C=O) groups is 1. The van der Waals surface area contributed by atoms with Gasteiger partial charge in [0.2, 0.25) is 5.91 Å². The summed E-state index contributed by atoms with van der Waals surface area (Å²) in [6, 6.07) is 6.99. The Morgan fingerprint density at radius 3 is 2.79 bits per heavy atom. The van der Waals surface area contributed by atoms with E-state index in [4.69, 9.17) is 4.74 Å². The van der Waals surface area contributed by atoms with E-state index in [1.165, 1.54) is 0 Å². The smallest absolute Gasteiger partial charge is 0.223 e. The fraction of sp³-hybridized carbons (Fsp3) is 0.444. The summed E-state index contributed by atoms with van der Waals surface area (Å²) in [7, 11) is 1.87. The molecular weight excluding hydrogens is 306 g/mol. The van der Waals surface area contributed by atoms with Crippen LogP contribution in [0.2, 0.25) is 0 Å². The van der Waals surface area contributed by atoms with Gasteiger partial charge in [0.1, 0.15) is 11.4 Å². The monoisotopic (exact) mass is 329 g/mol. The first-order chi connectivity index (χ1) is 11.5. The molecule has 0 saturated carbocycles. The van der Waals surface area contributed by atoms with Crippen LogP contribution in [0.25, 0.3) is 0 Å². The van der Waals surface area contributed by atoms with E-state index in [2.05, 4.69) is 5.10 Å². The molecule has 0 aliphatic carbocycles. The van der Waals surface area contributed by atoms with Gasteiger partial charge in [0.25, 0.3) is 0 Å². The summed E-state index contributed by atoms with van der Waals surface area (Å²) in [5, 5.41) is 13.5. The quantitative estimate of drug-likeness (QED) is 0.929. The number of hydrogen-bond acceptors (Lipinski definition) is 4. The minimum absolute atomic E-state index is 0.126. The van der Waals surface area contributed by atoms with E-state index in [9.17, 15) is 9.90 Å². The lowest BCUT2D eigenvalue weighted by molar-refractivity contribution is -0.149. The van der Waals surface area contributed by atoms with Crippen LogP contribution in [0.4, 0.5) is 0 Å². The molecule has 6 nitrogen and oxygen atoms in total. The number of ether oxygens (including phenoxy) is 1. The Kier molecular flexibility index (Phi) is 4.57. The molecule has 1 N–H and O–H groups in total. The fourth-order valence-electron chi connectivity index (χ4n) is 3.02. The summed E-state index contributed by atoms with van der Waals surface area (Å²) < 4.78 is 7.69. The summed E-state index contributed by atoms with van der Waals surface area (Å²) in [4.78, 5) is 14.4. The van der Waals surface area contributed by atoms with Gasteiger partial charge in [0.05, 0.1) is 19.3 Å². The lowest BCUT2D eigenvalue weighted by atomic mass is 9.96. The van der Waals surface area contributed by atoms with Crippen LogP contribution >= 0.6 is 0 Å². The first-order valence-corrected chi connectivity index (χ1v) is 8.15. The average Bonchev–Trinajstić information content (AvgIpc) is 3.01. The molecule has 3 rings (SSSR count). The minimum atomic E-state index is -0.513. The van der Waals surface area contributed by atoms with E-state index in [0.29, 0.717) is 32.5 Å². The highest BCUT2D eigenvalue weighted by Gasteiger charge is 2.36. The van der Waals surface area contributed by atoms with Crippen molar-refractivity contribution in [2.45, 2.75) is 25.4 Å². The number of benzene rings is 1. The zero-order valence-corrected chi connectivity index (χ0v) is 14.1. The van der Waals surface area contributed by atoms with E-state index in [0.717, 1.165) is 11.1 Å². The van der Waals surface area contributed by atoms with Crippen molar-refractivity contribution in [3.05, 3.63) is 47.8 Å². The molecule has 1 fully saturated rings. The molecule has 1 amide bonds. The summed E-state index contributed by atoms with van der Waals surface area (Å²) in [6.45, 7) is 3.68. The molecule has 1 aromatic heterocycles. The molecule has 0 radical (unpaired) electrons. The number of carbonyl (C=O) groups excluding carboxylic acids is 1. The first kappa shape index (κ1) is 16.5. The lowest BCUT2D eigenvalue weighted by Gasteiger charge is -2.40. The van der Waals surface area contributed by atoms with Crippen LogP contribution in [0.15, 0.2) is 36.7 Å². The predicted molar refractivity (Wildman–Crippen MR) is 89.5 cm³/mol. The van der Waals surface area contributed by atoms with Gasteiger partial charge in [0.15, 0.2) is 0 Å². The Hall–Kier alpha value is -2.34. The zero-order chi connectivity index (χ0) is 17.2. The van der Waals surface area contributed by atoms with Gasteiger partial charge < -0.3 is 14.7 Å². The number of morpholine rings is 1. The Labute approximate surface area is 141 Å². The summed E-state index contributed by atoms with van der Waals surface area (Å²) >= 11 is 0. The molecule has 1 aromatic carbocycles. The van der Waals surface area contributed by atoms with Crippen LogP contribution in [0, 0.1) is 0 Å². The highest BCUT2D eigenvalue weighted by molar-refractivity contribution is 5.76. The second-order valence-electron chi connectivity index (χ2n) is 6.46. The fourth-order valence-corrected chi connectivity index (χ4v) is 3.02.